The molecule has 1 fully saturated rings. The molecule has 0 bridgehead atoms. The largest absolute Gasteiger partial charge is 0.497 e. The van der Waals surface area contributed by atoms with Crippen LogP contribution in [0, 0.1) is 0 Å². The molecule has 0 heterocycles. The minimum atomic E-state index is -0.136. The number of nitrogens with one attached hydrogen (secondary N) is 2. The maximum Gasteiger partial charge on any atom is 0.251 e. The molecule has 2 aromatic rings. The molecule has 3 rings (SSSR count). The van der Waals surface area contributed by atoms with Crippen LogP contribution in [0.5, 0.6) is 5.75 Å². The molecule has 1 aliphatic carbocycles. The van der Waals surface area contributed by atoms with Crippen molar-refractivity contribution in [1.29, 1.82) is 0 Å². The van der Waals surface area contributed by atoms with Crippen LogP contribution in [0.1, 0.15) is 64.8 Å². The van der Waals surface area contributed by atoms with Crippen molar-refractivity contribution in [2.24, 2.45) is 0 Å². The molecule has 2 amide bonds. The lowest BCUT2D eigenvalue weighted by molar-refractivity contribution is 0.0928. The van der Waals surface area contributed by atoms with E-state index in [0.29, 0.717) is 17.7 Å². The molecule has 0 radical (unpaired) electrons. The summed E-state index contributed by atoms with van der Waals surface area (Å²) in [6.45, 7) is 0.538. The molecular weight excluding hydrogens is 364 g/mol. The van der Waals surface area contributed by atoms with Gasteiger partial charge < -0.3 is 15.4 Å². The molecule has 5 nitrogen and oxygen atoms in total. The van der Waals surface area contributed by atoms with Crippen molar-refractivity contribution in [1.82, 2.24) is 10.6 Å². The van der Waals surface area contributed by atoms with Gasteiger partial charge in [0.25, 0.3) is 11.8 Å². The lowest BCUT2D eigenvalue weighted by Crippen LogP contribution is -2.34. The fourth-order valence-electron chi connectivity index (χ4n) is 3.72. The molecule has 1 saturated carbocycles. The van der Waals surface area contributed by atoms with Gasteiger partial charge in [-0.1, -0.05) is 37.8 Å². The van der Waals surface area contributed by atoms with E-state index in [4.69, 9.17) is 4.74 Å². The molecular formula is C24H30N2O3. The van der Waals surface area contributed by atoms with Crippen LogP contribution in [0.3, 0.4) is 0 Å². The van der Waals surface area contributed by atoms with Crippen LogP contribution in [0.15, 0.2) is 48.5 Å². The quantitative estimate of drug-likeness (QED) is 0.694. The van der Waals surface area contributed by atoms with E-state index in [1.54, 1.807) is 31.4 Å². The van der Waals surface area contributed by atoms with E-state index in [2.05, 4.69) is 10.6 Å². The smallest absolute Gasteiger partial charge is 0.251 e. The summed E-state index contributed by atoms with van der Waals surface area (Å²) in [6.07, 6.45) is 7.71. The summed E-state index contributed by atoms with van der Waals surface area (Å²) >= 11 is 0. The van der Waals surface area contributed by atoms with E-state index in [1.807, 2.05) is 24.3 Å². The first-order valence-electron chi connectivity index (χ1n) is 10.5. The highest BCUT2D eigenvalue weighted by atomic mass is 16.5. The van der Waals surface area contributed by atoms with Crippen molar-refractivity contribution in [2.45, 2.75) is 51.0 Å². The third-order valence-corrected chi connectivity index (χ3v) is 5.43. The zero-order valence-electron chi connectivity index (χ0n) is 17.1. The Hall–Kier alpha value is -2.82. The maximum absolute atomic E-state index is 12.5. The summed E-state index contributed by atoms with van der Waals surface area (Å²) in [5.74, 6) is 0.622. The molecule has 1 aliphatic rings. The molecule has 0 aromatic heterocycles. The van der Waals surface area contributed by atoms with Gasteiger partial charge in [-0.15, -0.1) is 0 Å². The van der Waals surface area contributed by atoms with Crippen LogP contribution in [0.2, 0.25) is 0 Å². The second-order valence-electron chi connectivity index (χ2n) is 7.60. The molecule has 0 atom stereocenters. The zero-order chi connectivity index (χ0) is 20.5. The minimum absolute atomic E-state index is 0.0538. The standard InChI is InChI=1S/C24H30N2O3/c1-29-22-10-6-7-18(17-22)15-16-25-23(27)19-11-13-20(14-12-19)24(28)26-21-8-4-2-3-5-9-21/h6-7,10-14,17,21H,2-5,8-9,15-16H2,1H3,(H,25,27)(H,26,28). The van der Waals surface area contributed by atoms with Crippen molar-refractivity contribution < 1.29 is 14.3 Å². The Morgan fingerprint density at radius 3 is 2.24 bits per heavy atom. The monoisotopic (exact) mass is 394 g/mol. The number of hydrogen-bond acceptors (Lipinski definition) is 3. The highest BCUT2D eigenvalue weighted by Crippen LogP contribution is 2.18. The van der Waals surface area contributed by atoms with Crippen molar-refractivity contribution in [3.05, 3.63) is 65.2 Å². The number of methoxy groups -OCH3 is 1. The minimum Gasteiger partial charge on any atom is -0.497 e. The van der Waals surface area contributed by atoms with E-state index >= 15 is 0 Å². The normalized spacial score (nSPS) is 14.7. The fourth-order valence-corrected chi connectivity index (χ4v) is 3.72. The summed E-state index contributed by atoms with van der Waals surface area (Å²) in [5.41, 5.74) is 2.26. The Balaban J connectivity index is 1.48. The van der Waals surface area contributed by atoms with Gasteiger partial charge in [0.1, 0.15) is 5.75 Å². The van der Waals surface area contributed by atoms with Gasteiger partial charge in [-0.05, 0) is 61.2 Å². The maximum atomic E-state index is 12.5. The lowest BCUT2D eigenvalue weighted by atomic mass is 10.1. The third kappa shape index (κ3) is 6.34. The van der Waals surface area contributed by atoms with Gasteiger partial charge in [-0.25, -0.2) is 0 Å². The van der Waals surface area contributed by atoms with Gasteiger partial charge in [-0.3, -0.25) is 9.59 Å². The number of ether oxygens (including phenoxy) is 1. The number of carbonyl (C=O) groups is 2. The van der Waals surface area contributed by atoms with E-state index in [-0.39, 0.29) is 17.9 Å². The van der Waals surface area contributed by atoms with Crippen molar-refractivity contribution >= 4 is 11.8 Å². The SMILES string of the molecule is COc1cccc(CCNC(=O)c2ccc(C(=O)NC3CCCCCC3)cc2)c1. The molecule has 2 N–H and O–H groups in total. The van der Waals surface area contributed by atoms with Gasteiger partial charge in [-0.2, -0.15) is 0 Å². The van der Waals surface area contributed by atoms with Gasteiger partial charge in [0.15, 0.2) is 0 Å². The van der Waals surface area contributed by atoms with Crippen LogP contribution in [0.4, 0.5) is 0 Å². The summed E-state index contributed by atoms with van der Waals surface area (Å²) in [6, 6.07) is 15.0. The molecule has 2 aromatic carbocycles. The van der Waals surface area contributed by atoms with E-state index in [1.165, 1.54) is 25.7 Å². The molecule has 154 valence electrons. The second-order valence-corrected chi connectivity index (χ2v) is 7.60. The number of rotatable bonds is 7. The van der Waals surface area contributed by atoms with Crippen molar-refractivity contribution in [3.8, 4) is 5.75 Å². The highest BCUT2D eigenvalue weighted by Gasteiger charge is 2.16. The van der Waals surface area contributed by atoms with Gasteiger partial charge in [0.05, 0.1) is 7.11 Å². The van der Waals surface area contributed by atoms with Crippen molar-refractivity contribution in [2.75, 3.05) is 13.7 Å². The Morgan fingerprint density at radius 2 is 1.59 bits per heavy atom. The summed E-state index contributed by atoms with van der Waals surface area (Å²) in [7, 11) is 1.64. The molecule has 29 heavy (non-hydrogen) atoms. The summed E-state index contributed by atoms with van der Waals surface area (Å²) < 4.78 is 5.22. The van der Waals surface area contributed by atoms with Crippen LogP contribution in [-0.4, -0.2) is 31.5 Å². The fraction of sp³-hybridized carbons (Fsp3) is 0.417. The average Bonchev–Trinajstić information content (AvgIpc) is 3.02. The number of carbonyl (C=O) groups excluding carboxylic acids is 2. The number of benzene rings is 2. The number of hydrogen-bond donors (Lipinski definition) is 2. The Bertz CT molecular complexity index is 809. The first kappa shape index (κ1) is 20.9. The van der Waals surface area contributed by atoms with Crippen molar-refractivity contribution in [3.63, 3.8) is 0 Å². The Labute approximate surface area is 172 Å². The molecule has 0 aliphatic heterocycles. The Kier molecular flexibility index (Phi) is 7.68. The molecule has 0 saturated heterocycles. The van der Waals surface area contributed by atoms with Crippen LogP contribution < -0.4 is 15.4 Å². The molecule has 0 unspecified atom stereocenters. The Morgan fingerprint density at radius 1 is 0.931 bits per heavy atom. The van der Waals surface area contributed by atoms with Gasteiger partial charge in [0, 0.05) is 23.7 Å². The molecule has 0 spiro atoms. The van der Waals surface area contributed by atoms with E-state index < -0.39 is 0 Å². The predicted molar refractivity (Wildman–Crippen MR) is 114 cm³/mol. The average molecular weight is 395 g/mol. The predicted octanol–water partition coefficient (Wildman–Crippen LogP) is 4.12. The number of amides is 2. The van der Waals surface area contributed by atoms with Crippen LogP contribution >= 0.6 is 0 Å². The summed E-state index contributed by atoms with van der Waals surface area (Å²) in [5, 5.41) is 6.06. The zero-order valence-corrected chi connectivity index (χ0v) is 17.1. The first-order chi connectivity index (χ1) is 14.2. The second kappa shape index (κ2) is 10.6. The first-order valence-corrected chi connectivity index (χ1v) is 10.5. The van der Waals surface area contributed by atoms with Crippen LogP contribution in [-0.2, 0) is 6.42 Å². The topological polar surface area (TPSA) is 67.4 Å². The van der Waals surface area contributed by atoms with E-state index in [0.717, 1.165) is 30.6 Å². The molecule has 5 heteroatoms. The third-order valence-electron chi connectivity index (χ3n) is 5.43. The van der Waals surface area contributed by atoms with Gasteiger partial charge in [0.2, 0.25) is 0 Å². The van der Waals surface area contributed by atoms with Crippen LogP contribution in [0.25, 0.3) is 0 Å². The lowest BCUT2D eigenvalue weighted by Gasteiger charge is -2.16. The van der Waals surface area contributed by atoms with Gasteiger partial charge >= 0.3 is 0 Å². The summed E-state index contributed by atoms with van der Waals surface area (Å²) in [4.78, 5) is 24.8. The highest BCUT2D eigenvalue weighted by molar-refractivity contribution is 5.97. The van der Waals surface area contributed by atoms with E-state index in [9.17, 15) is 9.59 Å².